The van der Waals surface area contributed by atoms with E-state index in [1.54, 1.807) is 6.20 Å². The summed E-state index contributed by atoms with van der Waals surface area (Å²) in [6.45, 7) is 7.51. The average Bonchev–Trinajstić information content (AvgIpc) is 2.97. The monoisotopic (exact) mass is 584 g/mol. The SMILES string of the molecule is COc1ccc(NC(=O)c2ccc(F)c(Nc3ncnc4cnc(N5CCN(C(C)C)CC5)nc34)c2)cc1C(F)(F)F. The second-order valence-corrected chi connectivity index (χ2v) is 9.93. The first-order valence-corrected chi connectivity index (χ1v) is 13.1. The highest BCUT2D eigenvalue weighted by molar-refractivity contribution is 6.05. The number of hydrogen-bond donors (Lipinski definition) is 2. The van der Waals surface area contributed by atoms with Crippen molar-refractivity contribution in [2.75, 3.05) is 48.8 Å². The topological polar surface area (TPSA) is 108 Å². The third-order valence-electron chi connectivity index (χ3n) is 6.94. The van der Waals surface area contributed by atoms with E-state index in [0.29, 0.717) is 23.0 Å². The summed E-state index contributed by atoms with van der Waals surface area (Å²) in [5.41, 5.74) is -0.429. The number of halogens is 4. The largest absolute Gasteiger partial charge is 0.496 e. The zero-order valence-electron chi connectivity index (χ0n) is 23.0. The number of carbonyl (C=O) groups excluding carboxylic acids is 1. The van der Waals surface area contributed by atoms with Gasteiger partial charge in [0.1, 0.15) is 28.9 Å². The smallest absolute Gasteiger partial charge is 0.420 e. The number of nitrogens with zero attached hydrogens (tertiary/aromatic N) is 6. The Labute approximate surface area is 238 Å². The molecule has 1 amide bonds. The van der Waals surface area contributed by atoms with Gasteiger partial charge in [0, 0.05) is 43.5 Å². The van der Waals surface area contributed by atoms with E-state index >= 15 is 0 Å². The molecular formula is C28H28F4N8O2. The van der Waals surface area contributed by atoms with Crippen LogP contribution in [0.3, 0.4) is 0 Å². The zero-order valence-corrected chi connectivity index (χ0v) is 23.0. The fraction of sp³-hybridized carbons (Fsp3) is 0.321. The Morgan fingerprint density at radius 3 is 2.48 bits per heavy atom. The summed E-state index contributed by atoms with van der Waals surface area (Å²) in [6.07, 6.45) is -1.83. The van der Waals surface area contributed by atoms with Crippen LogP contribution in [-0.2, 0) is 6.18 Å². The number of hydrogen-bond acceptors (Lipinski definition) is 9. The van der Waals surface area contributed by atoms with Crippen LogP contribution >= 0.6 is 0 Å². The molecule has 1 fully saturated rings. The van der Waals surface area contributed by atoms with Gasteiger partial charge in [0.2, 0.25) is 5.95 Å². The fourth-order valence-corrected chi connectivity index (χ4v) is 4.63. The summed E-state index contributed by atoms with van der Waals surface area (Å²) in [6, 6.07) is 7.13. The quantitative estimate of drug-likeness (QED) is 0.287. The summed E-state index contributed by atoms with van der Waals surface area (Å²) in [7, 11) is 1.12. The van der Waals surface area contributed by atoms with Crippen molar-refractivity contribution < 1.29 is 27.1 Å². The van der Waals surface area contributed by atoms with Crippen LogP contribution in [0.25, 0.3) is 11.0 Å². The van der Waals surface area contributed by atoms with Crippen LogP contribution in [0.5, 0.6) is 5.75 Å². The number of carbonyl (C=O) groups is 1. The molecule has 2 N–H and O–H groups in total. The number of aromatic nitrogens is 4. The highest BCUT2D eigenvalue weighted by Gasteiger charge is 2.34. The number of rotatable bonds is 7. The summed E-state index contributed by atoms with van der Waals surface area (Å²) in [4.78, 5) is 34.9. The first-order chi connectivity index (χ1) is 20.0. The van der Waals surface area contributed by atoms with Crippen molar-refractivity contribution in [1.29, 1.82) is 0 Å². The molecule has 10 nitrogen and oxygen atoms in total. The summed E-state index contributed by atoms with van der Waals surface area (Å²) in [5, 5.41) is 5.30. The number of amides is 1. The van der Waals surface area contributed by atoms with E-state index in [4.69, 9.17) is 4.74 Å². The minimum Gasteiger partial charge on any atom is -0.496 e. The number of ether oxygens (including phenoxy) is 1. The molecule has 1 aliphatic rings. The van der Waals surface area contributed by atoms with Gasteiger partial charge in [-0.2, -0.15) is 13.2 Å². The number of methoxy groups -OCH3 is 1. The Kier molecular flexibility index (Phi) is 8.07. The van der Waals surface area contributed by atoms with Gasteiger partial charge in [-0.3, -0.25) is 9.69 Å². The summed E-state index contributed by atoms with van der Waals surface area (Å²) >= 11 is 0. The molecule has 5 rings (SSSR count). The molecule has 42 heavy (non-hydrogen) atoms. The van der Waals surface area contributed by atoms with Gasteiger partial charge in [0.25, 0.3) is 5.91 Å². The maximum atomic E-state index is 14.9. The Balaban J connectivity index is 1.38. The van der Waals surface area contributed by atoms with E-state index in [9.17, 15) is 22.4 Å². The molecule has 14 heteroatoms. The number of anilines is 4. The molecule has 0 spiro atoms. The van der Waals surface area contributed by atoms with E-state index < -0.39 is 23.5 Å². The maximum Gasteiger partial charge on any atom is 0.420 e. The third kappa shape index (κ3) is 6.17. The number of alkyl halides is 3. The summed E-state index contributed by atoms with van der Waals surface area (Å²) in [5.74, 6) is -1.10. The second kappa shape index (κ2) is 11.7. The second-order valence-electron chi connectivity index (χ2n) is 9.93. The molecule has 2 aromatic heterocycles. The Morgan fingerprint density at radius 2 is 1.79 bits per heavy atom. The molecule has 0 atom stereocenters. The molecule has 0 aliphatic carbocycles. The van der Waals surface area contributed by atoms with Crippen LogP contribution in [0.4, 0.5) is 40.7 Å². The lowest BCUT2D eigenvalue weighted by molar-refractivity contribution is -0.138. The molecule has 0 unspecified atom stereocenters. The predicted octanol–water partition coefficient (Wildman–Crippen LogP) is 5.11. The zero-order chi connectivity index (χ0) is 30.0. The number of benzene rings is 2. The van der Waals surface area contributed by atoms with Crippen molar-refractivity contribution in [3.8, 4) is 5.75 Å². The standard InChI is InChI=1S/C28H28F4N8O2/c1-16(2)39-8-10-40(11-9-39)27-33-14-22-24(38-27)25(35-15-34-22)37-21-12-17(4-6-20(21)29)26(41)36-18-5-7-23(42-3)19(13-18)28(30,31)32/h4-7,12-16H,8-11H2,1-3H3,(H,36,41)(H,34,35,37). The number of piperazine rings is 1. The lowest BCUT2D eigenvalue weighted by Crippen LogP contribution is -2.49. The molecule has 220 valence electrons. The normalized spacial score (nSPS) is 14.3. The van der Waals surface area contributed by atoms with Crippen molar-refractivity contribution >= 4 is 40.1 Å². The molecule has 0 bridgehead atoms. The van der Waals surface area contributed by atoms with Crippen molar-refractivity contribution in [2.45, 2.75) is 26.1 Å². The first kappa shape index (κ1) is 28.9. The van der Waals surface area contributed by atoms with Gasteiger partial charge in [-0.15, -0.1) is 0 Å². The van der Waals surface area contributed by atoms with Crippen molar-refractivity contribution in [3.05, 3.63) is 65.9 Å². The van der Waals surface area contributed by atoms with Crippen LogP contribution in [0.1, 0.15) is 29.8 Å². The number of nitrogens with one attached hydrogen (secondary N) is 2. The van der Waals surface area contributed by atoms with Gasteiger partial charge in [0.05, 0.1) is 24.6 Å². The van der Waals surface area contributed by atoms with E-state index in [2.05, 4.69) is 54.2 Å². The van der Waals surface area contributed by atoms with Crippen molar-refractivity contribution in [2.24, 2.45) is 0 Å². The van der Waals surface area contributed by atoms with E-state index in [1.165, 1.54) is 24.5 Å². The minimum absolute atomic E-state index is 0.0000215. The highest BCUT2D eigenvalue weighted by Crippen LogP contribution is 2.38. The molecule has 0 saturated carbocycles. The van der Waals surface area contributed by atoms with Gasteiger partial charge in [-0.05, 0) is 50.2 Å². The lowest BCUT2D eigenvalue weighted by Gasteiger charge is -2.36. The van der Waals surface area contributed by atoms with E-state index in [0.717, 1.165) is 51.5 Å². The van der Waals surface area contributed by atoms with Crippen LogP contribution in [0.15, 0.2) is 48.9 Å². The number of fused-ring (bicyclic) bond motifs is 1. The van der Waals surface area contributed by atoms with E-state index in [-0.39, 0.29) is 28.5 Å². The molecular weight excluding hydrogens is 556 g/mol. The Bertz CT molecular complexity index is 1610. The minimum atomic E-state index is -4.69. The molecule has 2 aromatic carbocycles. The van der Waals surface area contributed by atoms with Crippen LogP contribution < -0.4 is 20.3 Å². The van der Waals surface area contributed by atoms with Gasteiger partial charge in [-0.25, -0.2) is 24.3 Å². The van der Waals surface area contributed by atoms with Crippen molar-refractivity contribution in [3.63, 3.8) is 0 Å². The Hall–Kier alpha value is -4.59. The third-order valence-corrected chi connectivity index (χ3v) is 6.94. The van der Waals surface area contributed by atoms with Gasteiger partial charge >= 0.3 is 6.18 Å². The van der Waals surface area contributed by atoms with Crippen molar-refractivity contribution in [1.82, 2.24) is 24.8 Å². The predicted molar refractivity (Wildman–Crippen MR) is 150 cm³/mol. The van der Waals surface area contributed by atoms with Gasteiger partial charge in [0.15, 0.2) is 5.82 Å². The molecule has 0 radical (unpaired) electrons. The van der Waals surface area contributed by atoms with Crippen LogP contribution in [0.2, 0.25) is 0 Å². The van der Waals surface area contributed by atoms with E-state index in [1.807, 2.05) is 0 Å². The van der Waals surface area contributed by atoms with Gasteiger partial charge < -0.3 is 20.3 Å². The van der Waals surface area contributed by atoms with Crippen LogP contribution in [-0.4, -0.2) is 70.1 Å². The van der Waals surface area contributed by atoms with Crippen LogP contribution in [0, 0.1) is 5.82 Å². The molecule has 1 aliphatic heterocycles. The lowest BCUT2D eigenvalue weighted by atomic mass is 10.1. The molecule has 4 aromatic rings. The highest BCUT2D eigenvalue weighted by atomic mass is 19.4. The Morgan fingerprint density at radius 1 is 1.02 bits per heavy atom. The average molecular weight is 585 g/mol. The molecule has 1 saturated heterocycles. The molecule has 3 heterocycles. The maximum absolute atomic E-state index is 14.9. The first-order valence-electron chi connectivity index (χ1n) is 13.1. The van der Waals surface area contributed by atoms with Gasteiger partial charge in [-0.1, -0.05) is 0 Å². The summed E-state index contributed by atoms with van der Waals surface area (Å²) < 4.78 is 59.8. The fourth-order valence-electron chi connectivity index (χ4n) is 4.63.